The van der Waals surface area contributed by atoms with Crippen molar-refractivity contribution < 1.29 is 18.9 Å². The van der Waals surface area contributed by atoms with Crippen LogP contribution < -0.4 is 10.7 Å². The SMILES string of the molecule is CC[S+]([O-])c1cc(=O)c2cc(C)cc(C(C)NCc3ccccc3C(=O)O)c2o1. The molecule has 1 aromatic heterocycles. The first-order chi connectivity index (χ1) is 13.8. The van der Waals surface area contributed by atoms with E-state index in [-0.39, 0.29) is 22.1 Å². The van der Waals surface area contributed by atoms with E-state index in [9.17, 15) is 19.2 Å². The predicted molar refractivity (Wildman–Crippen MR) is 113 cm³/mol. The van der Waals surface area contributed by atoms with Gasteiger partial charge in [0.15, 0.2) is 5.43 Å². The summed E-state index contributed by atoms with van der Waals surface area (Å²) < 4.78 is 18.1. The van der Waals surface area contributed by atoms with Crippen molar-refractivity contribution in [3.63, 3.8) is 0 Å². The second-order valence-corrected chi connectivity index (χ2v) is 8.53. The predicted octanol–water partition coefficient (Wildman–Crippen LogP) is 3.78. The molecule has 2 aromatic carbocycles. The summed E-state index contributed by atoms with van der Waals surface area (Å²) in [7, 11) is 0. The van der Waals surface area contributed by atoms with Crippen LogP contribution in [0.5, 0.6) is 0 Å². The Balaban J connectivity index is 1.99. The number of aryl methyl sites for hydroxylation is 1. The minimum Gasteiger partial charge on any atom is -0.609 e. The first kappa shape index (κ1) is 21.1. The Bertz CT molecular complexity index is 1110. The van der Waals surface area contributed by atoms with Crippen LogP contribution in [0.2, 0.25) is 0 Å². The van der Waals surface area contributed by atoms with Gasteiger partial charge in [-0.25, -0.2) is 4.79 Å². The van der Waals surface area contributed by atoms with Crippen LogP contribution in [0.4, 0.5) is 0 Å². The van der Waals surface area contributed by atoms with Gasteiger partial charge in [-0.15, -0.1) is 0 Å². The Labute approximate surface area is 171 Å². The molecule has 2 atom stereocenters. The average molecular weight is 413 g/mol. The van der Waals surface area contributed by atoms with E-state index >= 15 is 0 Å². The molecule has 6 nitrogen and oxygen atoms in total. The monoisotopic (exact) mass is 413 g/mol. The Morgan fingerprint density at radius 1 is 1.28 bits per heavy atom. The molecular weight excluding hydrogens is 390 g/mol. The van der Waals surface area contributed by atoms with E-state index in [0.717, 1.165) is 11.1 Å². The quantitative estimate of drug-likeness (QED) is 0.572. The van der Waals surface area contributed by atoms with Gasteiger partial charge in [0, 0.05) is 29.3 Å². The van der Waals surface area contributed by atoms with E-state index in [1.807, 2.05) is 19.9 Å². The summed E-state index contributed by atoms with van der Waals surface area (Å²) in [5, 5.41) is 13.3. The van der Waals surface area contributed by atoms with Gasteiger partial charge in [0.2, 0.25) is 0 Å². The van der Waals surface area contributed by atoms with Gasteiger partial charge in [-0.2, -0.15) is 0 Å². The number of carboxylic acid groups (broad SMARTS) is 1. The largest absolute Gasteiger partial charge is 0.609 e. The van der Waals surface area contributed by atoms with Gasteiger partial charge in [0.05, 0.1) is 17.0 Å². The highest BCUT2D eigenvalue weighted by atomic mass is 32.2. The first-order valence-corrected chi connectivity index (χ1v) is 10.6. The molecule has 0 saturated carbocycles. The molecular formula is C22H23NO5S. The molecule has 2 unspecified atom stereocenters. The van der Waals surface area contributed by atoms with E-state index in [2.05, 4.69) is 5.32 Å². The van der Waals surface area contributed by atoms with Gasteiger partial charge in [0.1, 0.15) is 11.3 Å². The van der Waals surface area contributed by atoms with Crippen LogP contribution in [0, 0.1) is 6.92 Å². The third kappa shape index (κ3) is 4.53. The van der Waals surface area contributed by atoms with Crippen molar-refractivity contribution in [3.05, 3.63) is 74.9 Å². The second kappa shape index (κ2) is 8.82. The Kier molecular flexibility index (Phi) is 6.42. The molecule has 3 rings (SSSR count). The van der Waals surface area contributed by atoms with Crippen molar-refractivity contribution >= 4 is 28.1 Å². The average Bonchev–Trinajstić information content (AvgIpc) is 2.71. The third-order valence-electron chi connectivity index (χ3n) is 4.78. The van der Waals surface area contributed by atoms with Crippen molar-refractivity contribution in [1.82, 2.24) is 5.32 Å². The van der Waals surface area contributed by atoms with E-state index in [4.69, 9.17) is 4.42 Å². The zero-order chi connectivity index (χ0) is 21.1. The van der Waals surface area contributed by atoms with Crippen molar-refractivity contribution in [2.45, 2.75) is 38.5 Å². The fraction of sp³-hybridized carbons (Fsp3) is 0.273. The number of nitrogens with one attached hydrogen (secondary N) is 1. The summed E-state index contributed by atoms with van der Waals surface area (Å²) in [6.07, 6.45) is 0. The number of carbonyl (C=O) groups is 1. The molecule has 2 N–H and O–H groups in total. The van der Waals surface area contributed by atoms with Crippen LogP contribution in [0.1, 0.15) is 46.9 Å². The molecule has 3 aromatic rings. The molecule has 0 radical (unpaired) electrons. The summed E-state index contributed by atoms with van der Waals surface area (Å²) in [6.45, 7) is 5.91. The maximum absolute atomic E-state index is 12.6. The number of rotatable bonds is 7. The lowest BCUT2D eigenvalue weighted by Crippen LogP contribution is -2.21. The zero-order valence-corrected chi connectivity index (χ0v) is 17.3. The van der Waals surface area contributed by atoms with Crippen LogP contribution in [-0.2, 0) is 17.7 Å². The molecule has 1 heterocycles. The van der Waals surface area contributed by atoms with Crippen LogP contribution in [0.15, 0.2) is 56.8 Å². The maximum Gasteiger partial charge on any atom is 0.336 e. The Morgan fingerprint density at radius 3 is 2.69 bits per heavy atom. The highest BCUT2D eigenvalue weighted by Crippen LogP contribution is 2.27. The lowest BCUT2D eigenvalue weighted by atomic mass is 10.0. The number of benzene rings is 2. The molecule has 0 spiro atoms. The van der Waals surface area contributed by atoms with Crippen molar-refractivity contribution in [2.24, 2.45) is 0 Å². The van der Waals surface area contributed by atoms with Gasteiger partial charge in [-0.3, -0.25) is 4.79 Å². The number of hydrogen-bond acceptors (Lipinski definition) is 5. The van der Waals surface area contributed by atoms with Gasteiger partial charge in [-0.05, 0) is 44.0 Å². The summed E-state index contributed by atoms with van der Waals surface area (Å²) in [6, 6.07) is 11.6. The number of fused-ring (bicyclic) bond motifs is 1. The van der Waals surface area contributed by atoms with Gasteiger partial charge in [-0.1, -0.05) is 24.3 Å². The van der Waals surface area contributed by atoms with Crippen LogP contribution in [0.3, 0.4) is 0 Å². The first-order valence-electron chi connectivity index (χ1n) is 9.33. The lowest BCUT2D eigenvalue weighted by Gasteiger charge is -2.18. The number of hydrogen-bond donors (Lipinski definition) is 2. The molecule has 0 saturated heterocycles. The third-order valence-corrected chi connectivity index (χ3v) is 5.95. The van der Waals surface area contributed by atoms with Crippen LogP contribution in [0.25, 0.3) is 11.0 Å². The molecule has 0 bridgehead atoms. The highest BCUT2D eigenvalue weighted by molar-refractivity contribution is 7.91. The van der Waals surface area contributed by atoms with Gasteiger partial charge >= 0.3 is 11.1 Å². The normalized spacial score (nSPS) is 13.4. The number of carboxylic acids is 1. The van der Waals surface area contributed by atoms with Crippen LogP contribution in [-0.4, -0.2) is 21.4 Å². The molecule has 0 fully saturated rings. The summed E-state index contributed by atoms with van der Waals surface area (Å²) >= 11 is -1.38. The standard InChI is InChI=1S/C22H23NO5S/c1-4-29(27)20-11-19(24)18-10-13(2)9-17(21(18)28-20)14(3)23-12-15-7-5-6-8-16(15)22(25)26/h5-11,14,23H,4,12H2,1-3H3,(H,25,26). The van der Waals surface area contributed by atoms with Crippen LogP contribution >= 0.6 is 0 Å². The second-order valence-electron chi connectivity index (χ2n) is 6.86. The maximum atomic E-state index is 12.6. The molecule has 29 heavy (non-hydrogen) atoms. The summed E-state index contributed by atoms with van der Waals surface area (Å²) in [5.41, 5.74) is 2.76. The smallest absolute Gasteiger partial charge is 0.336 e. The molecule has 0 aliphatic carbocycles. The van der Waals surface area contributed by atoms with E-state index in [0.29, 0.717) is 28.8 Å². The molecule has 0 amide bonds. The molecule has 0 aliphatic heterocycles. The molecule has 152 valence electrons. The fourth-order valence-electron chi connectivity index (χ4n) is 3.25. The number of aromatic carboxylic acids is 1. The van der Waals surface area contributed by atoms with E-state index < -0.39 is 17.1 Å². The van der Waals surface area contributed by atoms with E-state index in [1.165, 1.54) is 6.07 Å². The van der Waals surface area contributed by atoms with Gasteiger partial charge < -0.3 is 19.4 Å². The highest BCUT2D eigenvalue weighted by Gasteiger charge is 2.20. The zero-order valence-electron chi connectivity index (χ0n) is 16.5. The molecule has 0 aliphatic rings. The van der Waals surface area contributed by atoms with Crippen molar-refractivity contribution in [3.8, 4) is 0 Å². The minimum absolute atomic E-state index is 0.165. The van der Waals surface area contributed by atoms with Crippen molar-refractivity contribution in [1.29, 1.82) is 0 Å². The van der Waals surface area contributed by atoms with E-state index in [1.54, 1.807) is 37.3 Å². The van der Waals surface area contributed by atoms with Crippen molar-refractivity contribution in [2.75, 3.05) is 5.75 Å². The molecule has 7 heteroatoms. The lowest BCUT2D eigenvalue weighted by molar-refractivity contribution is 0.0695. The minimum atomic E-state index is -1.38. The van der Waals surface area contributed by atoms with Gasteiger partial charge in [0.25, 0.3) is 0 Å². The summed E-state index contributed by atoms with van der Waals surface area (Å²) in [5.74, 6) is -0.621. The topological polar surface area (TPSA) is 103 Å². The Morgan fingerprint density at radius 2 is 2.00 bits per heavy atom. The fourth-order valence-corrected chi connectivity index (χ4v) is 3.94. The summed E-state index contributed by atoms with van der Waals surface area (Å²) in [4.78, 5) is 24.0. The Hall–Kier alpha value is -2.61.